The Morgan fingerprint density at radius 3 is 2.75 bits per heavy atom. The first-order chi connectivity index (χ1) is 9.61. The number of nitrogens with one attached hydrogen (secondary N) is 1. The molecule has 0 bridgehead atoms. The van der Waals surface area contributed by atoms with E-state index in [4.69, 9.17) is 10.7 Å². The molecular formula is C15H9F2N3. The van der Waals surface area contributed by atoms with E-state index in [0.717, 1.165) is 5.56 Å². The first-order valence-corrected chi connectivity index (χ1v) is 5.95. The zero-order chi connectivity index (χ0) is 14.3. The first-order valence-electron chi connectivity index (χ1n) is 5.95. The molecule has 2 aromatic rings. The lowest BCUT2D eigenvalue weighted by Crippen LogP contribution is -2.24. The van der Waals surface area contributed by atoms with E-state index >= 15 is 0 Å². The summed E-state index contributed by atoms with van der Waals surface area (Å²) in [6.07, 6.45) is 0. The third kappa shape index (κ3) is 1.74. The Kier molecular flexibility index (Phi) is 2.72. The molecule has 3 rings (SSSR count). The highest BCUT2D eigenvalue weighted by molar-refractivity contribution is 6.12. The van der Waals surface area contributed by atoms with Gasteiger partial charge in [-0.15, -0.1) is 0 Å². The van der Waals surface area contributed by atoms with E-state index in [1.54, 1.807) is 12.1 Å². The average molecular weight is 269 g/mol. The Labute approximate surface area is 114 Å². The van der Waals surface area contributed by atoms with Crippen LogP contribution in [-0.4, -0.2) is 5.84 Å². The van der Waals surface area contributed by atoms with Gasteiger partial charge in [-0.2, -0.15) is 5.26 Å². The van der Waals surface area contributed by atoms with Gasteiger partial charge >= 0.3 is 0 Å². The van der Waals surface area contributed by atoms with Crippen LogP contribution in [0.3, 0.4) is 0 Å². The Balaban J connectivity index is 2.10. The molecule has 1 heterocycles. The van der Waals surface area contributed by atoms with Crippen LogP contribution in [0.25, 0.3) is 0 Å². The summed E-state index contributed by atoms with van der Waals surface area (Å²) in [5, 5.41) is 17.2. The Bertz CT molecular complexity index is 762. The van der Waals surface area contributed by atoms with Gasteiger partial charge in [0.2, 0.25) is 0 Å². The minimum Gasteiger partial charge on any atom is -0.321 e. The number of hydrogen-bond acceptors (Lipinski definition) is 2. The molecule has 1 aliphatic heterocycles. The highest BCUT2D eigenvalue weighted by Gasteiger charge is 2.28. The molecule has 0 saturated heterocycles. The molecule has 0 amide bonds. The second-order valence-corrected chi connectivity index (χ2v) is 4.48. The maximum atomic E-state index is 13.6. The van der Waals surface area contributed by atoms with Crippen molar-refractivity contribution in [3.63, 3.8) is 0 Å². The van der Waals surface area contributed by atoms with E-state index in [9.17, 15) is 8.78 Å². The monoisotopic (exact) mass is 269 g/mol. The number of anilines is 1. The summed E-state index contributed by atoms with van der Waals surface area (Å²) in [6, 6.07) is 10.3. The summed E-state index contributed by atoms with van der Waals surface area (Å²) in [4.78, 5) is 1.51. The standard InChI is InChI=1S/C15H9F2N3/c16-10-5-4-9-8-20(15(19)11(9)6-10)14-3-1-2-13(17)12(14)7-18/h1-6,19H,8H2. The van der Waals surface area contributed by atoms with Crippen LogP contribution >= 0.6 is 0 Å². The fourth-order valence-corrected chi connectivity index (χ4v) is 2.36. The molecule has 3 nitrogen and oxygen atoms in total. The van der Waals surface area contributed by atoms with E-state index in [1.807, 2.05) is 6.07 Å². The van der Waals surface area contributed by atoms with Crippen LogP contribution < -0.4 is 4.90 Å². The summed E-state index contributed by atoms with van der Waals surface area (Å²) in [6.45, 7) is 0.326. The number of halogens is 2. The number of rotatable bonds is 1. The van der Waals surface area contributed by atoms with Crippen LogP contribution in [0, 0.1) is 28.4 Å². The highest BCUT2D eigenvalue weighted by Crippen LogP contribution is 2.31. The van der Waals surface area contributed by atoms with Crippen LogP contribution in [0.5, 0.6) is 0 Å². The smallest absolute Gasteiger partial charge is 0.143 e. The van der Waals surface area contributed by atoms with Crippen molar-refractivity contribution in [1.29, 1.82) is 10.7 Å². The van der Waals surface area contributed by atoms with Crippen molar-refractivity contribution in [3.05, 3.63) is 64.7 Å². The van der Waals surface area contributed by atoms with Gasteiger partial charge in [-0.3, -0.25) is 5.41 Å². The van der Waals surface area contributed by atoms with Crippen molar-refractivity contribution in [2.45, 2.75) is 6.54 Å². The van der Waals surface area contributed by atoms with Gasteiger partial charge in [0.05, 0.1) is 12.2 Å². The van der Waals surface area contributed by atoms with Crippen molar-refractivity contribution in [2.24, 2.45) is 0 Å². The van der Waals surface area contributed by atoms with Crippen LogP contribution in [0.2, 0.25) is 0 Å². The molecule has 2 aromatic carbocycles. The van der Waals surface area contributed by atoms with Crippen LogP contribution in [-0.2, 0) is 6.54 Å². The minimum atomic E-state index is -0.625. The van der Waals surface area contributed by atoms with Gasteiger partial charge in [0.1, 0.15) is 29.1 Å². The summed E-state index contributed by atoms with van der Waals surface area (Å²) >= 11 is 0. The van der Waals surface area contributed by atoms with Gasteiger partial charge in [-0.25, -0.2) is 8.78 Å². The predicted molar refractivity (Wildman–Crippen MR) is 70.5 cm³/mol. The van der Waals surface area contributed by atoms with E-state index in [0.29, 0.717) is 17.8 Å². The van der Waals surface area contributed by atoms with Crippen LogP contribution in [0.1, 0.15) is 16.7 Å². The molecule has 0 spiro atoms. The minimum absolute atomic E-state index is 0.0709. The maximum Gasteiger partial charge on any atom is 0.143 e. The summed E-state index contributed by atoms with van der Waals surface area (Å²) < 4.78 is 26.9. The third-order valence-electron chi connectivity index (χ3n) is 3.32. The molecule has 20 heavy (non-hydrogen) atoms. The quantitative estimate of drug-likeness (QED) is 0.864. The summed E-state index contributed by atoms with van der Waals surface area (Å²) in [7, 11) is 0. The van der Waals surface area contributed by atoms with Gasteiger partial charge in [0.25, 0.3) is 0 Å². The van der Waals surface area contributed by atoms with E-state index < -0.39 is 11.6 Å². The van der Waals surface area contributed by atoms with Crippen LogP contribution in [0.4, 0.5) is 14.5 Å². The van der Waals surface area contributed by atoms with Gasteiger partial charge in [-0.05, 0) is 29.8 Å². The lowest BCUT2D eigenvalue weighted by atomic mass is 10.1. The first kappa shape index (κ1) is 12.3. The third-order valence-corrected chi connectivity index (χ3v) is 3.32. The number of amidine groups is 1. The lowest BCUT2D eigenvalue weighted by Gasteiger charge is -2.19. The van der Waals surface area contributed by atoms with Gasteiger partial charge in [0, 0.05) is 5.56 Å². The van der Waals surface area contributed by atoms with Crippen molar-refractivity contribution in [1.82, 2.24) is 0 Å². The molecule has 5 heteroatoms. The molecule has 0 saturated carbocycles. The lowest BCUT2D eigenvalue weighted by molar-refractivity contribution is 0.624. The van der Waals surface area contributed by atoms with E-state index in [2.05, 4.69) is 0 Å². The normalized spacial score (nSPS) is 13.2. The Hall–Kier alpha value is -2.74. The second kappa shape index (κ2) is 4.42. The molecule has 0 atom stereocenters. The van der Waals surface area contributed by atoms with Gasteiger partial charge in [-0.1, -0.05) is 12.1 Å². The summed E-state index contributed by atoms with van der Waals surface area (Å²) in [5.74, 6) is -0.975. The molecule has 0 aromatic heterocycles. The number of nitriles is 1. The fourth-order valence-electron chi connectivity index (χ4n) is 2.36. The van der Waals surface area contributed by atoms with Crippen molar-refractivity contribution >= 4 is 11.5 Å². The number of nitrogens with zero attached hydrogens (tertiary/aromatic N) is 2. The SMILES string of the molecule is N#Cc1c(F)cccc1N1Cc2ccc(F)cc2C1=N. The molecule has 1 N–H and O–H groups in total. The number of hydrogen-bond donors (Lipinski definition) is 1. The predicted octanol–water partition coefficient (Wildman–Crippen LogP) is 3.18. The Morgan fingerprint density at radius 1 is 1.20 bits per heavy atom. The maximum absolute atomic E-state index is 13.6. The average Bonchev–Trinajstić information content (AvgIpc) is 2.75. The number of fused-ring (bicyclic) bond motifs is 1. The zero-order valence-electron chi connectivity index (χ0n) is 10.3. The molecular weight excluding hydrogens is 260 g/mol. The molecule has 0 fully saturated rings. The fraction of sp³-hybridized carbons (Fsp3) is 0.0667. The molecule has 0 radical (unpaired) electrons. The topological polar surface area (TPSA) is 50.9 Å². The molecule has 98 valence electrons. The molecule has 1 aliphatic rings. The Morgan fingerprint density at radius 2 is 2.00 bits per heavy atom. The molecule has 0 aliphatic carbocycles. The van der Waals surface area contributed by atoms with Crippen molar-refractivity contribution < 1.29 is 8.78 Å². The van der Waals surface area contributed by atoms with E-state index in [-0.39, 0.29) is 11.4 Å². The largest absolute Gasteiger partial charge is 0.321 e. The van der Waals surface area contributed by atoms with Gasteiger partial charge in [0.15, 0.2) is 0 Å². The highest BCUT2D eigenvalue weighted by atomic mass is 19.1. The second-order valence-electron chi connectivity index (χ2n) is 4.48. The van der Waals surface area contributed by atoms with E-state index in [1.165, 1.54) is 29.2 Å². The number of benzene rings is 2. The summed E-state index contributed by atoms with van der Waals surface area (Å²) in [5.41, 5.74) is 1.47. The molecule has 0 unspecified atom stereocenters. The van der Waals surface area contributed by atoms with Crippen molar-refractivity contribution in [3.8, 4) is 6.07 Å². The zero-order valence-corrected chi connectivity index (χ0v) is 10.3. The van der Waals surface area contributed by atoms with Crippen LogP contribution in [0.15, 0.2) is 36.4 Å². The van der Waals surface area contributed by atoms with Gasteiger partial charge < -0.3 is 4.90 Å². The van der Waals surface area contributed by atoms with Crippen molar-refractivity contribution in [2.75, 3.05) is 4.90 Å².